The van der Waals surface area contributed by atoms with Crippen LogP contribution in [-0.2, 0) is 28.6 Å². The third-order valence-corrected chi connectivity index (χ3v) is 16.8. The lowest BCUT2D eigenvalue weighted by molar-refractivity contribution is -0.167. The molecule has 0 aromatic heterocycles. The highest BCUT2D eigenvalue weighted by Gasteiger charge is 2.19. The normalized spacial score (nSPS) is 12.0. The van der Waals surface area contributed by atoms with E-state index in [9.17, 15) is 14.4 Å². The van der Waals surface area contributed by atoms with Crippen LogP contribution in [0.1, 0.15) is 419 Å². The number of rotatable bonds is 68. The fourth-order valence-corrected chi connectivity index (χ4v) is 11.3. The van der Waals surface area contributed by atoms with Crippen molar-refractivity contribution in [3.05, 3.63) is 12.2 Å². The van der Waals surface area contributed by atoms with Gasteiger partial charge in [-0.05, 0) is 44.9 Å². The minimum Gasteiger partial charge on any atom is -0.462 e. The number of esters is 3. The molecule has 468 valence electrons. The van der Waals surface area contributed by atoms with Gasteiger partial charge in [0.15, 0.2) is 6.10 Å². The van der Waals surface area contributed by atoms with Gasteiger partial charge in [-0.2, -0.15) is 0 Å². The van der Waals surface area contributed by atoms with E-state index in [1.165, 1.54) is 321 Å². The Labute approximate surface area is 494 Å². The molecular formula is C73H140O6. The summed E-state index contributed by atoms with van der Waals surface area (Å²) in [5.41, 5.74) is 0. The van der Waals surface area contributed by atoms with Gasteiger partial charge >= 0.3 is 17.9 Å². The van der Waals surface area contributed by atoms with Crippen LogP contribution in [0, 0.1) is 0 Å². The molecule has 0 saturated carbocycles. The number of ether oxygens (including phenoxy) is 3. The van der Waals surface area contributed by atoms with Crippen LogP contribution in [0.2, 0.25) is 0 Å². The molecule has 0 aliphatic rings. The summed E-state index contributed by atoms with van der Waals surface area (Å²) >= 11 is 0. The summed E-state index contributed by atoms with van der Waals surface area (Å²) in [5.74, 6) is -0.836. The van der Waals surface area contributed by atoms with Crippen LogP contribution in [0.5, 0.6) is 0 Å². The van der Waals surface area contributed by atoms with Gasteiger partial charge in [-0.15, -0.1) is 0 Å². The molecule has 0 radical (unpaired) electrons. The quantitative estimate of drug-likeness (QED) is 0.0261. The Morgan fingerprint density at radius 3 is 0.633 bits per heavy atom. The van der Waals surface area contributed by atoms with Crippen molar-refractivity contribution in [3.63, 3.8) is 0 Å². The third-order valence-electron chi connectivity index (χ3n) is 16.8. The second kappa shape index (κ2) is 68.6. The Morgan fingerprint density at radius 2 is 0.418 bits per heavy atom. The molecule has 0 saturated heterocycles. The molecule has 79 heavy (non-hydrogen) atoms. The fourth-order valence-electron chi connectivity index (χ4n) is 11.3. The second-order valence-electron chi connectivity index (χ2n) is 24.9. The first-order valence-corrected chi connectivity index (χ1v) is 36.2. The average Bonchev–Trinajstić information content (AvgIpc) is 3.45. The van der Waals surface area contributed by atoms with Crippen molar-refractivity contribution < 1.29 is 28.6 Å². The number of carbonyl (C=O) groups is 3. The van der Waals surface area contributed by atoms with Crippen molar-refractivity contribution in [2.75, 3.05) is 13.2 Å². The largest absolute Gasteiger partial charge is 0.462 e. The molecule has 0 amide bonds. The van der Waals surface area contributed by atoms with Gasteiger partial charge in [0.1, 0.15) is 13.2 Å². The van der Waals surface area contributed by atoms with Crippen molar-refractivity contribution in [1.82, 2.24) is 0 Å². The zero-order valence-corrected chi connectivity index (χ0v) is 53.9. The molecule has 0 aromatic rings. The molecule has 1 unspecified atom stereocenters. The number of hydrogen-bond donors (Lipinski definition) is 0. The smallest absolute Gasteiger partial charge is 0.306 e. The minimum atomic E-state index is -0.768. The van der Waals surface area contributed by atoms with Gasteiger partial charge in [0.25, 0.3) is 0 Å². The van der Waals surface area contributed by atoms with Crippen molar-refractivity contribution >= 4 is 17.9 Å². The van der Waals surface area contributed by atoms with Crippen molar-refractivity contribution in [3.8, 4) is 0 Å². The van der Waals surface area contributed by atoms with Crippen LogP contribution in [0.25, 0.3) is 0 Å². The van der Waals surface area contributed by atoms with E-state index in [4.69, 9.17) is 14.2 Å². The van der Waals surface area contributed by atoms with Gasteiger partial charge in [0.05, 0.1) is 0 Å². The first-order chi connectivity index (χ1) is 39.0. The van der Waals surface area contributed by atoms with Gasteiger partial charge in [-0.1, -0.05) is 367 Å². The summed E-state index contributed by atoms with van der Waals surface area (Å²) < 4.78 is 17.0. The lowest BCUT2D eigenvalue weighted by atomic mass is 10.0. The first-order valence-electron chi connectivity index (χ1n) is 36.2. The SMILES string of the molecule is CCCCCCCC/C=C\CCCCCCCCCC(=O)OC(COC(=O)CCCCCCCCCCCCCCC)COC(=O)CCCCCCCCCCCCCCCCCCCCCCCCCCCCCCCCC. The van der Waals surface area contributed by atoms with E-state index in [0.29, 0.717) is 19.3 Å². The summed E-state index contributed by atoms with van der Waals surface area (Å²) in [6.45, 7) is 6.72. The first kappa shape index (κ1) is 77.2. The highest BCUT2D eigenvalue weighted by molar-refractivity contribution is 5.71. The van der Waals surface area contributed by atoms with Crippen LogP contribution in [0.3, 0.4) is 0 Å². The lowest BCUT2D eigenvalue weighted by Crippen LogP contribution is -2.30. The third kappa shape index (κ3) is 66.8. The molecule has 6 heteroatoms. The summed E-state index contributed by atoms with van der Waals surface area (Å²) in [5, 5.41) is 0. The van der Waals surface area contributed by atoms with Crippen LogP contribution >= 0.6 is 0 Å². The second-order valence-corrected chi connectivity index (χ2v) is 24.9. The highest BCUT2D eigenvalue weighted by atomic mass is 16.6. The van der Waals surface area contributed by atoms with Gasteiger partial charge in [0.2, 0.25) is 0 Å². The Kier molecular flexibility index (Phi) is 67.0. The zero-order valence-electron chi connectivity index (χ0n) is 53.9. The maximum absolute atomic E-state index is 12.9. The molecule has 0 N–H and O–H groups in total. The van der Waals surface area contributed by atoms with Gasteiger partial charge < -0.3 is 14.2 Å². The lowest BCUT2D eigenvalue weighted by Gasteiger charge is -2.18. The Bertz CT molecular complexity index is 1230. The molecular weight excluding hydrogens is 973 g/mol. The van der Waals surface area contributed by atoms with Crippen LogP contribution in [-0.4, -0.2) is 37.2 Å². The van der Waals surface area contributed by atoms with E-state index in [0.717, 1.165) is 57.8 Å². The molecule has 6 nitrogen and oxygen atoms in total. The van der Waals surface area contributed by atoms with Crippen LogP contribution < -0.4 is 0 Å². The zero-order chi connectivity index (χ0) is 57.1. The fraction of sp³-hybridized carbons (Fsp3) is 0.932. The number of allylic oxidation sites excluding steroid dienone is 2. The monoisotopic (exact) mass is 1110 g/mol. The van der Waals surface area contributed by atoms with Crippen molar-refractivity contribution in [2.24, 2.45) is 0 Å². The molecule has 0 spiro atoms. The van der Waals surface area contributed by atoms with E-state index in [2.05, 4.69) is 32.9 Å². The average molecular weight is 1110 g/mol. The van der Waals surface area contributed by atoms with Crippen LogP contribution in [0.15, 0.2) is 12.2 Å². The van der Waals surface area contributed by atoms with E-state index in [1.807, 2.05) is 0 Å². The molecule has 0 aliphatic heterocycles. The van der Waals surface area contributed by atoms with E-state index < -0.39 is 6.10 Å². The maximum Gasteiger partial charge on any atom is 0.306 e. The van der Waals surface area contributed by atoms with Gasteiger partial charge in [0, 0.05) is 19.3 Å². The molecule has 1 atom stereocenters. The Morgan fingerprint density at radius 1 is 0.241 bits per heavy atom. The Balaban J connectivity index is 4.10. The molecule has 0 rings (SSSR count). The van der Waals surface area contributed by atoms with E-state index >= 15 is 0 Å². The molecule has 0 heterocycles. The van der Waals surface area contributed by atoms with Crippen LogP contribution in [0.4, 0.5) is 0 Å². The predicted molar refractivity (Wildman–Crippen MR) is 344 cm³/mol. The predicted octanol–water partition coefficient (Wildman–Crippen LogP) is 24.8. The number of unbranched alkanes of at least 4 members (excludes halogenated alkanes) is 55. The summed E-state index contributed by atoms with van der Waals surface area (Å²) in [7, 11) is 0. The molecule has 0 aromatic carbocycles. The summed E-state index contributed by atoms with van der Waals surface area (Å²) in [6, 6.07) is 0. The minimum absolute atomic E-state index is 0.0650. The standard InChI is InChI=1S/C73H140O6/c1-4-7-10-13-16-19-22-25-27-29-30-31-32-33-34-35-36-37-38-39-40-41-42-44-45-48-51-54-57-60-63-66-72(75)78-69-70(68-77-71(74)65-62-59-56-53-50-47-24-21-18-15-12-9-6-3)79-73(76)67-64-61-58-55-52-49-46-43-28-26-23-20-17-14-11-8-5-2/h26,28,70H,4-25,27,29-69H2,1-3H3/b28-26-. The van der Waals surface area contributed by atoms with Crippen molar-refractivity contribution in [1.29, 1.82) is 0 Å². The summed E-state index contributed by atoms with van der Waals surface area (Å²) in [6.07, 6.45) is 82.6. The van der Waals surface area contributed by atoms with E-state index in [-0.39, 0.29) is 31.1 Å². The maximum atomic E-state index is 12.9. The number of carbonyl (C=O) groups excluding carboxylic acids is 3. The number of hydrogen-bond acceptors (Lipinski definition) is 6. The van der Waals surface area contributed by atoms with Crippen molar-refractivity contribution in [2.45, 2.75) is 425 Å². The van der Waals surface area contributed by atoms with Gasteiger partial charge in [-0.3, -0.25) is 14.4 Å². The Hall–Kier alpha value is -1.85. The van der Waals surface area contributed by atoms with Gasteiger partial charge in [-0.25, -0.2) is 0 Å². The van der Waals surface area contributed by atoms with E-state index in [1.54, 1.807) is 0 Å². The molecule has 0 bridgehead atoms. The summed E-state index contributed by atoms with van der Waals surface area (Å²) in [4.78, 5) is 38.4. The highest BCUT2D eigenvalue weighted by Crippen LogP contribution is 2.19. The molecule has 0 aliphatic carbocycles. The topological polar surface area (TPSA) is 78.9 Å². The molecule has 0 fully saturated rings.